The van der Waals surface area contributed by atoms with Gasteiger partial charge in [0.05, 0.1) is 6.61 Å². The summed E-state index contributed by atoms with van der Waals surface area (Å²) in [6, 6.07) is 3.70. The minimum atomic E-state index is -1.81. The Morgan fingerprint density at radius 3 is 1.60 bits per heavy atom. The molecule has 0 aromatic carbocycles. The maximum Gasteiger partial charge on any atom is 0.330 e. The van der Waals surface area contributed by atoms with Crippen LogP contribution in [-0.2, 0) is 13.6 Å². The number of hydrogen-bond acceptors (Lipinski definition) is 3. The van der Waals surface area contributed by atoms with Crippen molar-refractivity contribution in [2.24, 2.45) is 0 Å². The number of carbonyl (C=O) groups excluding carboxylic acids is 1. The van der Waals surface area contributed by atoms with E-state index < -0.39 is 16.6 Å². The Morgan fingerprint density at radius 1 is 0.733 bits per heavy atom. The monoisotopic (exact) mass is 456 g/mol. The molecular formula is C25H52O3Si2. The van der Waals surface area contributed by atoms with Crippen molar-refractivity contribution in [3.63, 3.8) is 0 Å². The average Bonchev–Trinajstić information content (AvgIpc) is 2.69. The number of esters is 1. The number of carbonyl (C=O) groups is 1. The van der Waals surface area contributed by atoms with Crippen molar-refractivity contribution in [1.82, 2.24) is 0 Å². The standard InChI is InChI=1S/C25H52O3Si2/c1-7-10-12-14-16-18-22-30(28-29(4,5)6,23-19-17-15-13-11-8-2)24-20-21-27-25(26)9-3/h9H,3,7-8,10-24H2,1-2,4-6H3. The van der Waals surface area contributed by atoms with Crippen LogP contribution in [0.4, 0.5) is 0 Å². The zero-order chi connectivity index (χ0) is 22.7. The fraction of sp³-hybridized carbons (Fsp3) is 0.880. The smallest absolute Gasteiger partial charge is 0.330 e. The summed E-state index contributed by atoms with van der Waals surface area (Å²) in [6.45, 7) is 15.6. The molecule has 0 aromatic rings. The van der Waals surface area contributed by atoms with Gasteiger partial charge in [0.1, 0.15) is 0 Å². The lowest BCUT2D eigenvalue weighted by Gasteiger charge is -2.38. The van der Waals surface area contributed by atoms with Gasteiger partial charge in [0, 0.05) is 6.08 Å². The zero-order valence-corrected chi connectivity index (χ0v) is 23.0. The number of rotatable bonds is 21. The fourth-order valence-corrected chi connectivity index (χ4v) is 14.0. The fourth-order valence-electron chi connectivity index (χ4n) is 4.26. The highest BCUT2D eigenvalue weighted by Crippen LogP contribution is 2.33. The third kappa shape index (κ3) is 17.3. The molecule has 0 heterocycles. The first-order valence-corrected chi connectivity index (χ1v) is 18.7. The summed E-state index contributed by atoms with van der Waals surface area (Å²) in [6.07, 6.45) is 18.3. The molecule has 0 saturated heterocycles. The lowest BCUT2D eigenvalue weighted by atomic mass is 10.1. The van der Waals surface area contributed by atoms with Crippen molar-refractivity contribution in [3.8, 4) is 0 Å². The van der Waals surface area contributed by atoms with Crippen molar-refractivity contribution >= 4 is 22.6 Å². The van der Waals surface area contributed by atoms with E-state index in [4.69, 9.17) is 8.85 Å². The molecule has 0 N–H and O–H groups in total. The second-order valence-electron chi connectivity index (χ2n) is 9.91. The molecule has 0 aliphatic heterocycles. The minimum Gasteiger partial charge on any atom is -0.463 e. The number of hydrogen-bond donors (Lipinski definition) is 0. The van der Waals surface area contributed by atoms with Gasteiger partial charge in [0.2, 0.25) is 0 Å². The predicted octanol–water partition coefficient (Wildman–Crippen LogP) is 8.62. The summed E-state index contributed by atoms with van der Waals surface area (Å²) < 4.78 is 12.3. The highest BCUT2D eigenvalue weighted by atomic mass is 28.4. The van der Waals surface area contributed by atoms with E-state index in [1.165, 1.54) is 95.2 Å². The van der Waals surface area contributed by atoms with Gasteiger partial charge in [-0.05, 0) is 44.2 Å². The normalized spacial score (nSPS) is 12.2. The summed E-state index contributed by atoms with van der Waals surface area (Å²) >= 11 is 0. The van der Waals surface area contributed by atoms with E-state index in [0.717, 1.165) is 12.5 Å². The molecule has 0 atom stereocenters. The first-order chi connectivity index (χ1) is 14.3. The van der Waals surface area contributed by atoms with Gasteiger partial charge in [-0.3, -0.25) is 0 Å². The molecule has 178 valence electrons. The van der Waals surface area contributed by atoms with Crippen molar-refractivity contribution in [3.05, 3.63) is 12.7 Å². The summed E-state index contributed by atoms with van der Waals surface area (Å²) in [5, 5.41) is 0. The number of unbranched alkanes of at least 4 members (excludes halogenated alkanes) is 10. The Balaban J connectivity index is 4.87. The topological polar surface area (TPSA) is 35.5 Å². The average molecular weight is 457 g/mol. The van der Waals surface area contributed by atoms with Crippen LogP contribution >= 0.6 is 0 Å². The van der Waals surface area contributed by atoms with Gasteiger partial charge in [-0.15, -0.1) is 0 Å². The molecular weight excluding hydrogens is 404 g/mol. The minimum absolute atomic E-state index is 0.305. The third-order valence-corrected chi connectivity index (χ3v) is 13.7. The molecule has 0 fully saturated rings. The molecule has 0 radical (unpaired) electrons. The SMILES string of the molecule is C=CC(=O)OCCC[Si](CCCCCCCC)(CCCCCCCC)O[Si](C)(C)C. The first-order valence-electron chi connectivity index (χ1n) is 12.8. The van der Waals surface area contributed by atoms with Gasteiger partial charge >= 0.3 is 5.97 Å². The summed E-state index contributed by atoms with van der Waals surface area (Å²) in [5.74, 6) is -0.305. The van der Waals surface area contributed by atoms with E-state index in [9.17, 15) is 4.79 Å². The Morgan fingerprint density at radius 2 is 1.17 bits per heavy atom. The van der Waals surface area contributed by atoms with Crippen molar-refractivity contribution in [2.75, 3.05) is 6.61 Å². The van der Waals surface area contributed by atoms with Crippen LogP contribution < -0.4 is 0 Å². The lowest BCUT2D eigenvalue weighted by Crippen LogP contribution is -2.47. The summed E-state index contributed by atoms with van der Waals surface area (Å²) in [4.78, 5) is 11.4. The molecule has 0 aromatic heterocycles. The van der Waals surface area contributed by atoms with Gasteiger partial charge in [-0.2, -0.15) is 0 Å². The predicted molar refractivity (Wildman–Crippen MR) is 137 cm³/mol. The van der Waals surface area contributed by atoms with Crippen molar-refractivity contribution < 1.29 is 13.6 Å². The van der Waals surface area contributed by atoms with Crippen LogP contribution in [0.25, 0.3) is 0 Å². The second-order valence-corrected chi connectivity index (χ2v) is 18.8. The first kappa shape index (κ1) is 29.6. The van der Waals surface area contributed by atoms with E-state index in [1.807, 2.05) is 0 Å². The molecule has 0 amide bonds. The Kier molecular flexibility index (Phi) is 18.0. The van der Waals surface area contributed by atoms with Crippen molar-refractivity contribution in [1.29, 1.82) is 0 Å². The Labute approximate surface area is 190 Å². The second kappa shape index (κ2) is 18.2. The van der Waals surface area contributed by atoms with Crippen LogP contribution in [0.2, 0.25) is 37.8 Å². The van der Waals surface area contributed by atoms with E-state index in [0.29, 0.717) is 6.61 Å². The molecule has 0 bridgehead atoms. The van der Waals surface area contributed by atoms with Crippen LogP contribution in [0.15, 0.2) is 12.7 Å². The van der Waals surface area contributed by atoms with Gasteiger partial charge in [0.15, 0.2) is 16.6 Å². The molecule has 0 aliphatic carbocycles. The molecule has 30 heavy (non-hydrogen) atoms. The van der Waals surface area contributed by atoms with Gasteiger partial charge in [-0.1, -0.05) is 97.5 Å². The highest BCUT2D eigenvalue weighted by Gasteiger charge is 2.37. The van der Waals surface area contributed by atoms with Crippen molar-refractivity contribution in [2.45, 2.75) is 135 Å². The van der Waals surface area contributed by atoms with Crippen LogP contribution in [0.5, 0.6) is 0 Å². The van der Waals surface area contributed by atoms with Gasteiger partial charge < -0.3 is 8.85 Å². The maximum absolute atomic E-state index is 11.4. The molecule has 3 nitrogen and oxygen atoms in total. The van der Waals surface area contributed by atoms with Crippen LogP contribution in [0.1, 0.15) is 97.3 Å². The van der Waals surface area contributed by atoms with Gasteiger partial charge in [-0.25, -0.2) is 4.79 Å². The molecule has 0 aliphatic rings. The molecule has 0 unspecified atom stereocenters. The molecule has 0 rings (SSSR count). The van der Waals surface area contributed by atoms with Crippen LogP contribution in [0.3, 0.4) is 0 Å². The number of ether oxygens (including phenoxy) is 1. The van der Waals surface area contributed by atoms with Gasteiger partial charge in [0.25, 0.3) is 0 Å². The highest BCUT2D eigenvalue weighted by molar-refractivity contribution is 6.85. The third-order valence-electron chi connectivity index (χ3n) is 5.68. The Bertz CT molecular complexity index is 417. The van der Waals surface area contributed by atoms with Crippen LogP contribution in [-0.4, -0.2) is 29.2 Å². The maximum atomic E-state index is 11.4. The largest absolute Gasteiger partial charge is 0.463 e. The Hall–Kier alpha value is -0.396. The zero-order valence-electron chi connectivity index (χ0n) is 21.0. The molecule has 0 spiro atoms. The van der Waals surface area contributed by atoms with E-state index in [2.05, 4.69) is 40.1 Å². The van der Waals surface area contributed by atoms with E-state index >= 15 is 0 Å². The van der Waals surface area contributed by atoms with Crippen LogP contribution in [0, 0.1) is 0 Å². The van der Waals surface area contributed by atoms with E-state index in [-0.39, 0.29) is 5.97 Å². The summed E-state index contributed by atoms with van der Waals surface area (Å²) in [5.41, 5.74) is 0. The lowest BCUT2D eigenvalue weighted by molar-refractivity contribution is -0.137. The van der Waals surface area contributed by atoms with E-state index in [1.54, 1.807) is 0 Å². The summed E-state index contributed by atoms with van der Waals surface area (Å²) in [7, 11) is -3.41. The molecule has 0 saturated carbocycles. The quantitative estimate of drug-likeness (QED) is 0.0750. The molecule has 5 heteroatoms.